The lowest BCUT2D eigenvalue weighted by atomic mass is 9.94. The Kier molecular flexibility index (Phi) is 3.18. The lowest BCUT2D eigenvalue weighted by Crippen LogP contribution is -2.44. The van der Waals surface area contributed by atoms with Gasteiger partial charge < -0.3 is 0 Å². The minimum absolute atomic E-state index is 0.102. The second-order valence-corrected chi connectivity index (χ2v) is 8.10. The molecule has 0 radical (unpaired) electrons. The molecule has 0 fully saturated rings. The first-order chi connectivity index (χ1) is 12.2. The van der Waals surface area contributed by atoms with Gasteiger partial charge in [0.1, 0.15) is 11.7 Å². The molecule has 0 spiro atoms. The number of aryl methyl sites for hydroxylation is 1. The average molecular weight is 332 g/mol. The molecule has 3 aromatic rings. The maximum Gasteiger partial charge on any atom is 0.268 e. The van der Waals surface area contributed by atoms with Crippen LogP contribution >= 0.6 is 0 Å². The fourth-order valence-electron chi connectivity index (χ4n) is 4.18. The Morgan fingerprint density at radius 3 is 2.32 bits per heavy atom. The summed E-state index contributed by atoms with van der Waals surface area (Å²) in [6.07, 6.45) is 0. The first-order valence-electron chi connectivity index (χ1n) is 9.50. The van der Waals surface area contributed by atoms with E-state index in [1.807, 2.05) is 13.0 Å². The molecule has 1 unspecified atom stereocenters. The third-order valence-corrected chi connectivity index (χ3v) is 5.26. The molecular weight excluding hydrogens is 304 g/mol. The quantitative estimate of drug-likeness (QED) is 0.537. The lowest BCUT2D eigenvalue weighted by Gasteiger charge is -2.20. The Balaban J connectivity index is 2.18. The van der Waals surface area contributed by atoms with Crippen LogP contribution in [-0.4, -0.2) is 4.57 Å². The van der Waals surface area contributed by atoms with E-state index in [4.69, 9.17) is 0 Å². The highest BCUT2D eigenvalue weighted by Crippen LogP contribution is 2.40. The Bertz CT molecular complexity index is 1020. The standard InChI is InChI=1S/C23H27N2/c1-15-11-7-10-14-20(15)24-17(3)21-19-13-9-8-12-18(19)16(2)25(21)22(24)23(4,5)6/h7-14,16H,1-6H3/q+1/i16D. The molecule has 0 N–H and O–H groups in total. The molecule has 1 aliphatic rings. The molecule has 25 heavy (non-hydrogen) atoms. The summed E-state index contributed by atoms with van der Waals surface area (Å²) in [4.78, 5) is 0. The van der Waals surface area contributed by atoms with Crippen molar-refractivity contribution in [2.75, 3.05) is 0 Å². The van der Waals surface area contributed by atoms with Crippen LogP contribution in [0.4, 0.5) is 0 Å². The van der Waals surface area contributed by atoms with E-state index in [2.05, 4.69) is 86.2 Å². The molecule has 1 aromatic heterocycles. The van der Waals surface area contributed by atoms with Gasteiger partial charge >= 0.3 is 0 Å². The van der Waals surface area contributed by atoms with Gasteiger partial charge in [0.15, 0.2) is 11.4 Å². The zero-order valence-corrected chi connectivity index (χ0v) is 16.0. The topological polar surface area (TPSA) is 8.81 Å². The third-order valence-electron chi connectivity index (χ3n) is 5.26. The van der Waals surface area contributed by atoms with Gasteiger partial charge in [-0.1, -0.05) is 42.5 Å². The van der Waals surface area contributed by atoms with E-state index in [0.29, 0.717) is 0 Å². The van der Waals surface area contributed by atoms with Crippen LogP contribution in [0.1, 0.15) is 57.7 Å². The van der Waals surface area contributed by atoms with Crippen LogP contribution in [0.25, 0.3) is 16.9 Å². The van der Waals surface area contributed by atoms with Gasteiger partial charge in [-0.05, 0) is 46.2 Å². The van der Waals surface area contributed by atoms with E-state index in [-0.39, 0.29) is 5.41 Å². The van der Waals surface area contributed by atoms with Crippen molar-refractivity contribution in [1.82, 2.24) is 4.57 Å². The van der Waals surface area contributed by atoms with Gasteiger partial charge in [0.25, 0.3) is 5.82 Å². The second kappa shape index (κ2) is 5.32. The fourth-order valence-corrected chi connectivity index (χ4v) is 4.18. The number of hydrogen-bond donors (Lipinski definition) is 0. The van der Waals surface area contributed by atoms with Gasteiger partial charge in [0.05, 0.1) is 6.79 Å². The van der Waals surface area contributed by atoms with Crippen LogP contribution < -0.4 is 4.57 Å². The maximum atomic E-state index is 9.25. The molecule has 2 heterocycles. The van der Waals surface area contributed by atoms with Crippen LogP contribution in [0.3, 0.4) is 0 Å². The van der Waals surface area contributed by atoms with E-state index in [1.54, 1.807) is 0 Å². The summed E-state index contributed by atoms with van der Waals surface area (Å²) in [6, 6.07) is 16.1. The third kappa shape index (κ3) is 2.20. The first-order valence-corrected chi connectivity index (χ1v) is 9.00. The first kappa shape index (κ1) is 14.9. The van der Waals surface area contributed by atoms with Crippen molar-refractivity contribution < 1.29 is 5.94 Å². The zero-order valence-electron chi connectivity index (χ0n) is 17.0. The molecule has 2 heteroatoms. The molecular formula is C23H27N2+. The minimum Gasteiger partial charge on any atom is -0.219 e. The molecule has 0 saturated carbocycles. The van der Waals surface area contributed by atoms with Crippen molar-refractivity contribution in [1.29, 1.82) is 0 Å². The van der Waals surface area contributed by atoms with Crippen LogP contribution in [0.5, 0.6) is 0 Å². The summed E-state index contributed by atoms with van der Waals surface area (Å²) < 4.78 is 13.9. The van der Waals surface area contributed by atoms with Crippen molar-refractivity contribution in [2.45, 2.75) is 53.0 Å². The largest absolute Gasteiger partial charge is 0.268 e. The Morgan fingerprint density at radius 1 is 1.00 bits per heavy atom. The normalized spacial score (nSPS) is 19.5. The molecule has 4 rings (SSSR count). The summed E-state index contributed by atoms with van der Waals surface area (Å²) in [5.41, 5.74) is 6.98. The molecule has 0 amide bonds. The monoisotopic (exact) mass is 332 g/mol. The highest BCUT2D eigenvalue weighted by Gasteiger charge is 2.44. The predicted octanol–water partition coefficient (Wildman–Crippen LogP) is 5.27. The van der Waals surface area contributed by atoms with E-state index >= 15 is 0 Å². The Hall–Kier alpha value is -2.35. The summed E-state index contributed by atoms with van der Waals surface area (Å²) in [5.74, 6) is 1.17. The minimum atomic E-state index is -0.812. The molecule has 2 nitrogen and oxygen atoms in total. The van der Waals surface area contributed by atoms with Gasteiger partial charge in [0, 0.05) is 18.1 Å². The molecule has 1 aliphatic heterocycles. The number of fused-ring (bicyclic) bond motifs is 3. The number of benzene rings is 2. The molecule has 0 aliphatic carbocycles. The number of imidazole rings is 1. The SMILES string of the molecule is [2H]C1(C)c2ccccc2-c2c(C)n(-c3ccccc3C)c(C(C)(C)C)[n+]21. The second-order valence-electron chi connectivity index (χ2n) is 8.10. The lowest BCUT2D eigenvalue weighted by molar-refractivity contribution is -0.704. The van der Waals surface area contributed by atoms with Crippen molar-refractivity contribution in [3.05, 3.63) is 71.2 Å². The van der Waals surface area contributed by atoms with Crippen LogP contribution in [0.2, 0.25) is 0 Å². The predicted molar refractivity (Wildman–Crippen MR) is 103 cm³/mol. The smallest absolute Gasteiger partial charge is 0.219 e. The zero-order chi connectivity index (χ0) is 18.9. The molecule has 2 aromatic carbocycles. The van der Waals surface area contributed by atoms with Crippen molar-refractivity contribution in [2.24, 2.45) is 0 Å². The number of aromatic nitrogens is 2. The van der Waals surface area contributed by atoms with Gasteiger partial charge in [-0.25, -0.2) is 4.57 Å². The van der Waals surface area contributed by atoms with E-state index in [9.17, 15) is 1.37 Å². The molecule has 128 valence electrons. The van der Waals surface area contributed by atoms with E-state index < -0.39 is 6.02 Å². The fraction of sp³-hybridized carbons (Fsp3) is 0.348. The highest BCUT2D eigenvalue weighted by molar-refractivity contribution is 5.68. The van der Waals surface area contributed by atoms with Gasteiger partial charge in [-0.15, -0.1) is 0 Å². The molecule has 0 saturated heterocycles. The summed E-state index contributed by atoms with van der Waals surface area (Å²) in [6.45, 7) is 13.1. The Morgan fingerprint density at radius 2 is 1.64 bits per heavy atom. The summed E-state index contributed by atoms with van der Waals surface area (Å²) in [5, 5.41) is 0. The summed E-state index contributed by atoms with van der Waals surface area (Å²) >= 11 is 0. The van der Waals surface area contributed by atoms with Gasteiger partial charge in [-0.2, -0.15) is 4.57 Å². The maximum absolute atomic E-state index is 9.25. The van der Waals surface area contributed by atoms with Crippen molar-refractivity contribution >= 4 is 0 Å². The number of para-hydroxylation sites is 1. The number of rotatable bonds is 1. The molecule has 0 bridgehead atoms. The Labute approximate surface area is 152 Å². The van der Waals surface area contributed by atoms with Crippen LogP contribution in [0, 0.1) is 13.8 Å². The van der Waals surface area contributed by atoms with Crippen LogP contribution in [0.15, 0.2) is 48.5 Å². The van der Waals surface area contributed by atoms with Crippen LogP contribution in [-0.2, 0) is 5.41 Å². The van der Waals surface area contributed by atoms with Gasteiger partial charge in [0.2, 0.25) is 0 Å². The number of nitrogens with zero attached hydrogens (tertiary/aromatic N) is 2. The number of hydrogen-bond acceptors (Lipinski definition) is 0. The summed E-state index contributed by atoms with van der Waals surface area (Å²) in [7, 11) is 0. The van der Waals surface area contributed by atoms with Crippen molar-refractivity contribution in [3.63, 3.8) is 0 Å². The molecule has 1 atom stereocenters. The van der Waals surface area contributed by atoms with E-state index in [1.165, 1.54) is 34.0 Å². The highest BCUT2D eigenvalue weighted by atomic mass is 15.2. The average Bonchev–Trinajstić information content (AvgIpc) is 3.00. The van der Waals surface area contributed by atoms with Crippen molar-refractivity contribution in [3.8, 4) is 16.9 Å². The van der Waals surface area contributed by atoms with Gasteiger partial charge in [-0.3, -0.25) is 0 Å². The van der Waals surface area contributed by atoms with E-state index in [0.717, 1.165) is 5.56 Å².